The highest BCUT2D eigenvalue weighted by atomic mass is 16.5. The molecular weight excluding hydrogens is 194 g/mol. The summed E-state index contributed by atoms with van der Waals surface area (Å²) in [5.74, 6) is 0.264. The minimum atomic E-state index is -0.372. The first-order valence-electron chi connectivity index (χ1n) is 4.78. The second-order valence-corrected chi connectivity index (χ2v) is 3.09. The predicted molar refractivity (Wildman–Crippen MR) is 56.3 cm³/mol. The van der Waals surface area contributed by atoms with Crippen molar-refractivity contribution in [3.05, 3.63) is 24.0 Å². The van der Waals surface area contributed by atoms with Gasteiger partial charge >= 0.3 is 0 Å². The van der Waals surface area contributed by atoms with Gasteiger partial charge < -0.3 is 16.2 Å². The van der Waals surface area contributed by atoms with Crippen molar-refractivity contribution in [1.29, 1.82) is 0 Å². The lowest BCUT2D eigenvalue weighted by Gasteiger charge is -2.04. The molecule has 0 unspecified atom stereocenters. The number of rotatable bonds is 6. The van der Waals surface area contributed by atoms with Gasteiger partial charge in [0.15, 0.2) is 0 Å². The maximum Gasteiger partial charge on any atom is 0.220 e. The molecule has 82 valence electrons. The molecule has 0 saturated carbocycles. The van der Waals surface area contributed by atoms with Crippen molar-refractivity contribution in [2.24, 2.45) is 11.5 Å². The third kappa shape index (κ3) is 4.42. The average Bonchev–Trinajstić information content (AvgIpc) is 2.20. The van der Waals surface area contributed by atoms with Gasteiger partial charge in [-0.05, 0) is 18.7 Å². The number of ether oxygens (including phenoxy) is 1. The molecule has 0 bridgehead atoms. The summed E-state index contributed by atoms with van der Waals surface area (Å²) in [6.07, 6.45) is 2.58. The van der Waals surface area contributed by atoms with E-state index in [1.807, 2.05) is 6.07 Å². The van der Waals surface area contributed by atoms with Gasteiger partial charge in [0.05, 0.1) is 19.2 Å². The number of amides is 1. The maximum absolute atomic E-state index is 10.4. The predicted octanol–water partition coefficient (Wildman–Crippen LogP) is -0.163. The Morgan fingerprint density at radius 1 is 1.47 bits per heavy atom. The van der Waals surface area contributed by atoms with Gasteiger partial charge in [0.2, 0.25) is 5.91 Å². The van der Waals surface area contributed by atoms with Crippen LogP contribution in [0.15, 0.2) is 18.3 Å². The molecule has 0 aliphatic carbocycles. The molecule has 4 N–H and O–H groups in total. The van der Waals surface area contributed by atoms with Crippen LogP contribution in [0.25, 0.3) is 0 Å². The van der Waals surface area contributed by atoms with Crippen molar-refractivity contribution in [3.8, 4) is 5.75 Å². The van der Waals surface area contributed by atoms with E-state index in [1.54, 1.807) is 12.3 Å². The lowest BCUT2D eigenvalue weighted by molar-refractivity contribution is -0.118. The Morgan fingerprint density at radius 2 is 2.27 bits per heavy atom. The lowest BCUT2D eigenvalue weighted by atomic mass is 10.3. The Labute approximate surface area is 88.4 Å². The molecule has 0 aliphatic heterocycles. The SMILES string of the molecule is NCCc1ccc(OCCC(N)=O)cn1. The van der Waals surface area contributed by atoms with Gasteiger partial charge in [0.25, 0.3) is 0 Å². The highest BCUT2D eigenvalue weighted by molar-refractivity contribution is 5.73. The summed E-state index contributed by atoms with van der Waals surface area (Å²) in [6.45, 7) is 0.863. The van der Waals surface area contributed by atoms with Crippen LogP contribution in [0.5, 0.6) is 5.75 Å². The van der Waals surface area contributed by atoms with Gasteiger partial charge in [-0.1, -0.05) is 0 Å². The van der Waals surface area contributed by atoms with E-state index < -0.39 is 0 Å². The van der Waals surface area contributed by atoms with E-state index in [0.717, 1.165) is 12.1 Å². The molecule has 0 spiro atoms. The Morgan fingerprint density at radius 3 is 2.80 bits per heavy atom. The van der Waals surface area contributed by atoms with Gasteiger partial charge in [-0.25, -0.2) is 0 Å². The van der Waals surface area contributed by atoms with Gasteiger partial charge in [-0.2, -0.15) is 0 Å². The van der Waals surface area contributed by atoms with Crippen molar-refractivity contribution >= 4 is 5.91 Å². The minimum Gasteiger partial charge on any atom is -0.491 e. The van der Waals surface area contributed by atoms with E-state index in [0.29, 0.717) is 12.3 Å². The standard InChI is InChI=1S/C10H15N3O2/c11-5-3-8-1-2-9(7-13-8)15-6-4-10(12)14/h1-2,7H,3-6,11H2,(H2,12,14). The molecule has 1 heterocycles. The van der Waals surface area contributed by atoms with Crippen LogP contribution in [0.3, 0.4) is 0 Å². The molecule has 5 heteroatoms. The Balaban J connectivity index is 2.39. The van der Waals surface area contributed by atoms with Crippen LogP contribution in [-0.2, 0) is 11.2 Å². The smallest absolute Gasteiger partial charge is 0.220 e. The van der Waals surface area contributed by atoms with Crippen LogP contribution < -0.4 is 16.2 Å². The van der Waals surface area contributed by atoms with E-state index >= 15 is 0 Å². The zero-order valence-corrected chi connectivity index (χ0v) is 8.48. The van der Waals surface area contributed by atoms with Crippen LogP contribution in [0, 0.1) is 0 Å². The van der Waals surface area contributed by atoms with E-state index in [9.17, 15) is 4.79 Å². The fourth-order valence-electron chi connectivity index (χ4n) is 1.06. The first kappa shape index (κ1) is 11.5. The summed E-state index contributed by atoms with van der Waals surface area (Å²) in [5.41, 5.74) is 11.3. The fourth-order valence-corrected chi connectivity index (χ4v) is 1.06. The number of carbonyl (C=O) groups excluding carboxylic acids is 1. The summed E-state index contributed by atoms with van der Waals surface area (Å²) < 4.78 is 5.26. The van der Waals surface area contributed by atoms with Crippen LogP contribution in [0.4, 0.5) is 0 Å². The van der Waals surface area contributed by atoms with E-state index in [4.69, 9.17) is 16.2 Å². The topological polar surface area (TPSA) is 91.2 Å². The normalized spacial score (nSPS) is 9.93. The molecule has 0 aromatic carbocycles. The summed E-state index contributed by atoms with van der Waals surface area (Å²) in [4.78, 5) is 14.6. The molecule has 0 saturated heterocycles. The Kier molecular flexibility index (Phi) is 4.56. The summed E-state index contributed by atoms with van der Waals surface area (Å²) in [6, 6.07) is 3.66. The second kappa shape index (κ2) is 5.98. The highest BCUT2D eigenvalue weighted by Crippen LogP contribution is 2.09. The Bertz CT molecular complexity index is 311. The number of hydrogen-bond acceptors (Lipinski definition) is 4. The third-order valence-corrected chi connectivity index (χ3v) is 1.82. The lowest BCUT2D eigenvalue weighted by Crippen LogP contribution is -2.14. The molecule has 1 aromatic rings. The molecule has 0 atom stereocenters. The molecule has 5 nitrogen and oxygen atoms in total. The monoisotopic (exact) mass is 209 g/mol. The van der Waals surface area contributed by atoms with Crippen molar-refractivity contribution in [1.82, 2.24) is 4.98 Å². The van der Waals surface area contributed by atoms with Crippen molar-refractivity contribution < 1.29 is 9.53 Å². The third-order valence-electron chi connectivity index (χ3n) is 1.82. The molecule has 0 radical (unpaired) electrons. The molecule has 0 fully saturated rings. The maximum atomic E-state index is 10.4. The van der Waals surface area contributed by atoms with Crippen LogP contribution >= 0.6 is 0 Å². The zero-order chi connectivity index (χ0) is 11.1. The number of hydrogen-bond donors (Lipinski definition) is 2. The number of carbonyl (C=O) groups is 1. The van der Waals surface area contributed by atoms with Crippen molar-refractivity contribution in [2.75, 3.05) is 13.2 Å². The molecular formula is C10H15N3O2. The number of aromatic nitrogens is 1. The molecule has 1 aromatic heterocycles. The second-order valence-electron chi connectivity index (χ2n) is 3.09. The highest BCUT2D eigenvalue weighted by Gasteiger charge is 1.98. The van der Waals surface area contributed by atoms with E-state index in [2.05, 4.69) is 4.98 Å². The van der Waals surface area contributed by atoms with Crippen LogP contribution in [0.2, 0.25) is 0 Å². The minimum absolute atomic E-state index is 0.213. The number of nitrogens with zero attached hydrogens (tertiary/aromatic N) is 1. The molecule has 15 heavy (non-hydrogen) atoms. The van der Waals surface area contributed by atoms with Crippen LogP contribution in [-0.4, -0.2) is 24.0 Å². The van der Waals surface area contributed by atoms with Crippen LogP contribution in [0.1, 0.15) is 12.1 Å². The van der Waals surface area contributed by atoms with E-state index in [-0.39, 0.29) is 18.9 Å². The quantitative estimate of drug-likeness (QED) is 0.680. The van der Waals surface area contributed by atoms with Crippen molar-refractivity contribution in [2.45, 2.75) is 12.8 Å². The fraction of sp³-hybridized carbons (Fsp3) is 0.400. The molecule has 0 aliphatic rings. The molecule has 1 rings (SSSR count). The zero-order valence-electron chi connectivity index (χ0n) is 8.48. The largest absolute Gasteiger partial charge is 0.491 e. The van der Waals surface area contributed by atoms with Gasteiger partial charge in [-0.15, -0.1) is 0 Å². The summed E-state index contributed by atoms with van der Waals surface area (Å²) >= 11 is 0. The van der Waals surface area contributed by atoms with Gasteiger partial charge in [0.1, 0.15) is 5.75 Å². The summed E-state index contributed by atoms with van der Waals surface area (Å²) in [5, 5.41) is 0. The average molecular weight is 209 g/mol. The summed E-state index contributed by atoms with van der Waals surface area (Å²) in [7, 11) is 0. The molecule has 1 amide bonds. The number of pyridine rings is 1. The first-order chi connectivity index (χ1) is 7.22. The van der Waals surface area contributed by atoms with Gasteiger partial charge in [-0.3, -0.25) is 9.78 Å². The Hall–Kier alpha value is -1.62. The van der Waals surface area contributed by atoms with Crippen molar-refractivity contribution in [3.63, 3.8) is 0 Å². The number of nitrogens with two attached hydrogens (primary N) is 2. The first-order valence-corrected chi connectivity index (χ1v) is 4.78. The van der Waals surface area contributed by atoms with Gasteiger partial charge in [0, 0.05) is 12.1 Å². The number of primary amides is 1. The van der Waals surface area contributed by atoms with E-state index in [1.165, 1.54) is 0 Å².